The molecule has 0 unspecified atom stereocenters. The summed E-state index contributed by atoms with van der Waals surface area (Å²) in [5, 5.41) is 11.0. The van der Waals surface area contributed by atoms with Crippen LogP contribution in [0.2, 0.25) is 0 Å². The first kappa shape index (κ1) is 20.6. The number of hydrogen-bond donors (Lipinski definition) is 0. The number of aryl methyl sites for hydroxylation is 1. The van der Waals surface area contributed by atoms with Crippen molar-refractivity contribution in [1.29, 1.82) is 0 Å². The number of fused-ring (bicyclic) bond motifs is 2. The van der Waals surface area contributed by atoms with Crippen LogP contribution in [-0.2, 0) is 6.54 Å². The summed E-state index contributed by atoms with van der Waals surface area (Å²) in [6.07, 6.45) is 3.87. The van der Waals surface area contributed by atoms with Crippen molar-refractivity contribution in [1.82, 2.24) is 14.5 Å². The van der Waals surface area contributed by atoms with Gasteiger partial charge >= 0.3 is 0 Å². The van der Waals surface area contributed by atoms with E-state index in [4.69, 9.17) is 9.47 Å². The predicted octanol–water partition coefficient (Wildman–Crippen LogP) is 3.32. The third-order valence-electron chi connectivity index (χ3n) is 6.20. The molecule has 2 aromatic carbocycles. The molecule has 1 saturated heterocycles. The largest absolute Gasteiger partial charge is 0.486 e. The maximum absolute atomic E-state index is 11.0. The minimum atomic E-state index is -0.360. The van der Waals surface area contributed by atoms with Crippen molar-refractivity contribution >= 4 is 22.4 Å². The number of unbranched alkanes of at least 4 members (excludes halogenated alkanes) is 1. The molecule has 0 bridgehead atoms. The Hall–Kier alpha value is -3.33. The lowest BCUT2D eigenvalue weighted by molar-refractivity contribution is -0.384. The number of rotatable bonds is 7. The SMILES string of the molecule is O=[N+]([O-])c1ccc2ncn(CCCCN3CCN(c4ccc5c(c4)OCCO5)CC3)c2c1. The molecule has 3 heterocycles. The van der Waals surface area contributed by atoms with Crippen LogP contribution in [0.5, 0.6) is 11.5 Å². The maximum atomic E-state index is 11.0. The van der Waals surface area contributed by atoms with Gasteiger partial charge in [0.05, 0.1) is 22.3 Å². The molecular weight excluding hydrogens is 410 g/mol. The first-order chi connectivity index (χ1) is 15.7. The molecule has 3 aromatic rings. The van der Waals surface area contributed by atoms with Gasteiger partial charge in [-0.15, -0.1) is 0 Å². The average Bonchev–Trinajstić information content (AvgIpc) is 3.24. The number of ether oxygens (including phenoxy) is 2. The van der Waals surface area contributed by atoms with Crippen LogP contribution in [0.1, 0.15) is 12.8 Å². The molecular formula is C23H27N5O4. The molecule has 0 atom stereocenters. The van der Waals surface area contributed by atoms with Crippen molar-refractivity contribution in [2.45, 2.75) is 19.4 Å². The number of benzene rings is 2. The molecule has 0 saturated carbocycles. The topological polar surface area (TPSA) is 85.9 Å². The lowest BCUT2D eigenvalue weighted by Gasteiger charge is -2.36. The first-order valence-electron chi connectivity index (χ1n) is 11.1. The lowest BCUT2D eigenvalue weighted by atomic mass is 10.2. The van der Waals surface area contributed by atoms with E-state index in [9.17, 15) is 10.1 Å². The van der Waals surface area contributed by atoms with Gasteiger partial charge in [0.15, 0.2) is 11.5 Å². The molecule has 1 aromatic heterocycles. The Bertz CT molecular complexity index is 1110. The lowest BCUT2D eigenvalue weighted by Crippen LogP contribution is -2.46. The average molecular weight is 438 g/mol. The number of anilines is 1. The van der Waals surface area contributed by atoms with Crippen LogP contribution >= 0.6 is 0 Å². The predicted molar refractivity (Wildman–Crippen MR) is 122 cm³/mol. The molecule has 0 radical (unpaired) electrons. The second-order valence-corrected chi connectivity index (χ2v) is 8.23. The number of non-ortho nitro benzene ring substituents is 1. The van der Waals surface area contributed by atoms with Gasteiger partial charge in [0.1, 0.15) is 13.2 Å². The maximum Gasteiger partial charge on any atom is 0.271 e. The third kappa shape index (κ3) is 4.34. The van der Waals surface area contributed by atoms with Gasteiger partial charge in [-0.3, -0.25) is 15.0 Å². The Labute approximate surface area is 186 Å². The number of imidazole rings is 1. The molecule has 168 valence electrons. The summed E-state index contributed by atoms with van der Waals surface area (Å²) < 4.78 is 13.3. The van der Waals surface area contributed by atoms with Crippen LogP contribution in [0.25, 0.3) is 11.0 Å². The number of piperazine rings is 1. The quantitative estimate of drug-likeness (QED) is 0.318. The van der Waals surface area contributed by atoms with Crippen molar-refractivity contribution in [3.63, 3.8) is 0 Å². The molecule has 1 fully saturated rings. The molecule has 9 nitrogen and oxygen atoms in total. The summed E-state index contributed by atoms with van der Waals surface area (Å²) >= 11 is 0. The van der Waals surface area contributed by atoms with Crippen LogP contribution in [0, 0.1) is 10.1 Å². The van der Waals surface area contributed by atoms with Gasteiger partial charge in [-0.25, -0.2) is 4.98 Å². The fourth-order valence-corrected chi connectivity index (χ4v) is 4.41. The highest BCUT2D eigenvalue weighted by molar-refractivity contribution is 5.78. The van der Waals surface area contributed by atoms with Crippen molar-refractivity contribution in [3.8, 4) is 11.5 Å². The normalized spacial score (nSPS) is 16.4. The van der Waals surface area contributed by atoms with Crippen LogP contribution in [0.4, 0.5) is 11.4 Å². The standard InChI is InChI=1S/C23H27N5O4/c29-28(30)19-3-5-20-21(15-19)27(17-24-20)8-2-1-7-25-9-11-26(12-10-25)18-4-6-22-23(16-18)32-14-13-31-22/h3-6,15-17H,1-2,7-14H2. The minimum absolute atomic E-state index is 0.107. The van der Waals surface area contributed by atoms with E-state index in [0.29, 0.717) is 13.2 Å². The third-order valence-corrected chi connectivity index (χ3v) is 6.20. The van der Waals surface area contributed by atoms with E-state index in [2.05, 4.69) is 26.9 Å². The first-order valence-corrected chi connectivity index (χ1v) is 11.1. The zero-order chi connectivity index (χ0) is 21.9. The highest BCUT2D eigenvalue weighted by Crippen LogP contribution is 2.34. The number of nitrogens with zero attached hydrogens (tertiary/aromatic N) is 5. The van der Waals surface area contributed by atoms with Gasteiger partial charge in [-0.1, -0.05) is 0 Å². The van der Waals surface area contributed by atoms with Crippen LogP contribution < -0.4 is 14.4 Å². The van der Waals surface area contributed by atoms with Gasteiger partial charge in [0, 0.05) is 56.6 Å². The molecule has 0 N–H and O–H groups in total. The van der Waals surface area contributed by atoms with Gasteiger partial charge in [0.2, 0.25) is 0 Å². The van der Waals surface area contributed by atoms with Crippen molar-refractivity contribution in [2.24, 2.45) is 0 Å². The number of nitro groups is 1. The Kier molecular flexibility index (Phi) is 5.81. The monoisotopic (exact) mass is 437 g/mol. The van der Waals surface area contributed by atoms with Crippen molar-refractivity contribution in [2.75, 3.05) is 50.8 Å². The van der Waals surface area contributed by atoms with Crippen molar-refractivity contribution in [3.05, 3.63) is 52.8 Å². The van der Waals surface area contributed by atoms with Crippen LogP contribution in [0.3, 0.4) is 0 Å². The van der Waals surface area contributed by atoms with E-state index in [1.165, 1.54) is 11.8 Å². The summed E-state index contributed by atoms with van der Waals surface area (Å²) in [5.41, 5.74) is 2.92. The highest BCUT2D eigenvalue weighted by atomic mass is 16.6. The molecule has 0 amide bonds. The number of hydrogen-bond acceptors (Lipinski definition) is 7. The zero-order valence-electron chi connectivity index (χ0n) is 18.0. The van der Waals surface area contributed by atoms with Gasteiger partial charge < -0.3 is 18.9 Å². The molecule has 5 rings (SSSR count). The smallest absolute Gasteiger partial charge is 0.271 e. The molecule has 0 aliphatic carbocycles. The van der Waals surface area contributed by atoms with E-state index in [-0.39, 0.29) is 10.6 Å². The molecule has 9 heteroatoms. The summed E-state index contributed by atoms with van der Waals surface area (Å²) in [5.74, 6) is 1.67. The summed E-state index contributed by atoms with van der Waals surface area (Å²) in [6, 6.07) is 11.0. The Morgan fingerprint density at radius 1 is 0.938 bits per heavy atom. The Morgan fingerprint density at radius 2 is 1.72 bits per heavy atom. The molecule has 2 aliphatic rings. The van der Waals surface area contributed by atoms with Gasteiger partial charge in [0.25, 0.3) is 5.69 Å². The fraction of sp³-hybridized carbons (Fsp3) is 0.435. The Balaban J connectivity index is 1.09. The van der Waals surface area contributed by atoms with E-state index in [1.807, 2.05) is 10.6 Å². The van der Waals surface area contributed by atoms with E-state index in [0.717, 1.165) is 74.6 Å². The van der Waals surface area contributed by atoms with E-state index < -0.39 is 0 Å². The van der Waals surface area contributed by atoms with E-state index >= 15 is 0 Å². The summed E-state index contributed by atoms with van der Waals surface area (Å²) in [6.45, 7) is 7.16. The zero-order valence-corrected chi connectivity index (χ0v) is 18.0. The molecule has 0 spiro atoms. The summed E-state index contributed by atoms with van der Waals surface area (Å²) in [4.78, 5) is 20.0. The van der Waals surface area contributed by atoms with Crippen LogP contribution in [-0.4, -0.2) is 65.3 Å². The molecule has 32 heavy (non-hydrogen) atoms. The highest BCUT2D eigenvalue weighted by Gasteiger charge is 2.19. The second-order valence-electron chi connectivity index (χ2n) is 8.23. The van der Waals surface area contributed by atoms with Gasteiger partial charge in [-0.05, 0) is 37.6 Å². The van der Waals surface area contributed by atoms with E-state index in [1.54, 1.807) is 18.5 Å². The van der Waals surface area contributed by atoms with Gasteiger partial charge in [-0.2, -0.15) is 0 Å². The van der Waals surface area contributed by atoms with Crippen molar-refractivity contribution < 1.29 is 14.4 Å². The number of nitro benzene ring substituents is 1. The second kappa shape index (κ2) is 9.04. The van der Waals surface area contributed by atoms with Crippen LogP contribution in [0.15, 0.2) is 42.7 Å². The number of aromatic nitrogens is 2. The minimum Gasteiger partial charge on any atom is -0.486 e. The summed E-state index contributed by atoms with van der Waals surface area (Å²) in [7, 11) is 0. The molecule has 2 aliphatic heterocycles. The Morgan fingerprint density at radius 3 is 2.53 bits per heavy atom. The fourth-order valence-electron chi connectivity index (χ4n) is 4.41.